The maximum absolute atomic E-state index is 12.8. The Bertz CT molecular complexity index is 456. The molecule has 1 aromatic rings. The van der Waals surface area contributed by atoms with Crippen molar-refractivity contribution in [1.29, 1.82) is 0 Å². The van der Waals surface area contributed by atoms with Crippen LogP contribution in [-0.2, 0) is 6.67 Å². The number of hydrogen-bond donors (Lipinski definition) is 2. The quantitative estimate of drug-likeness (QED) is 0.731. The molecule has 0 saturated carbocycles. The molecule has 0 aliphatic rings. The van der Waals surface area contributed by atoms with Crippen LogP contribution in [0.1, 0.15) is 20.8 Å². The van der Waals surface area contributed by atoms with Gasteiger partial charge in [-0.1, -0.05) is 0 Å². The molecular weight excluding hydrogens is 201 g/mol. The lowest BCUT2D eigenvalue weighted by Crippen LogP contribution is -2.41. The Kier molecular flexibility index (Phi) is 3.09. The van der Waals surface area contributed by atoms with E-state index in [9.17, 15) is 14.0 Å². The molecule has 2 N–H and O–H groups in total. The van der Waals surface area contributed by atoms with Gasteiger partial charge in [0.1, 0.15) is 0 Å². The summed E-state index contributed by atoms with van der Waals surface area (Å²) in [6.45, 7) is 5.90. The summed E-state index contributed by atoms with van der Waals surface area (Å²) in [5.74, 6) is -0.967. The summed E-state index contributed by atoms with van der Waals surface area (Å²) < 4.78 is 13.9. The van der Waals surface area contributed by atoms with Gasteiger partial charge in [-0.05, 0) is 20.8 Å². The summed E-state index contributed by atoms with van der Waals surface area (Å²) in [5, 5.41) is 3.00. The van der Waals surface area contributed by atoms with Gasteiger partial charge in [-0.3, -0.25) is 19.7 Å². The largest absolute Gasteiger partial charge is 0.329 e. The predicted octanol–water partition coefficient (Wildman–Crippen LogP) is 0.0213. The van der Waals surface area contributed by atoms with Crippen LogP contribution in [0, 0.1) is 5.82 Å². The lowest BCUT2D eigenvalue weighted by molar-refractivity contribution is 0.368. The standard InChI is InChI=1S/C9H14FN3O2/c1-9(2,3)11-5-13-4-6(10)7(14)12-8(13)15/h4,11H,5H2,1-3H3,(H,12,14,15). The molecule has 0 saturated heterocycles. The minimum atomic E-state index is -0.994. The second-order valence-electron chi connectivity index (χ2n) is 4.29. The van der Waals surface area contributed by atoms with Crippen molar-refractivity contribution in [1.82, 2.24) is 14.9 Å². The first-order valence-electron chi connectivity index (χ1n) is 4.54. The van der Waals surface area contributed by atoms with Crippen LogP contribution in [-0.4, -0.2) is 15.1 Å². The van der Waals surface area contributed by atoms with Crippen molar-refractivity contribution in [2.24, 2.45) is 0 Å². The molecule has 84 valence electrons. The zero-order valence-corrected chi connectivity index (χ0v) is 8.93. The molecule has 0 aliphatic heterocycles. The average molecular weight is 215 g/mol. The number of H-pyrrole nitrogens is 1. The SMILES string of the molecule is CC(C)(C)NCn1cc(F)c(=O)[nH]c1=O. The van der Waals surface area contributed by atoms with E-state index >= 15 is 0 Å². The highest BCUT2D eigenvalue weighted by Gasteiger charge is 2.09. The van der Waals surface area contributed by atoms with Gasteiger partial charge in [0.15, 0.2) is 0 Å². The molecule has 0 fully saturated rings. The van der Waals surface area contributed by atoms with Gasteiger partial charge in [0.05, 0.1) is 12.9 Å². The van der Waals surface area contributed by atoms with Crippen molar-refractivity contribution in [3.63, 3.8) is 0 Å². The summed E-state index contributed by atoms with van der Waals surface area (Å²) in [7, 11) is 0. The summed E-state index contributed by atoms with van der Waals surface area (Å²) in [6, 6.07) is 0. The van der Waals surface area contributed by atoms with E-state index in [1.807, 2.05) is 25.8 Å². The number of aromatic amines is 1. The molecule has 0 radical (unpaired) electrons. The van der Waals surface area contributed by atoms with E-state index in [0.29, 0.717) is 0 Å². The van der Waals surface area contributed by atoms with Gasteiger partial charge in [0.25, 0.3) is 5.56 Å². The van der Waals surface area contributed by atoms with E-state index in [1.165, 1.54) is 0 Å². The predicted molar refractivity (Wildman–Crippen MR) is 54.2 cm³/mol. The number of rotatable bonds is 2. The van der Waals surface area contributed by atoms with Crippen LogP contribution in [0.5, 0.6) is 0 Å². The Hall–Kier alpha value is -1.43. The first-order valence-corrected chi connectivity index (χ1v) is 4.54. The third-order valence-electron chi connectivity index (χ3n) is 1.75. The van der Waals surface area contributed by atoms with Gasteiger partial charge < -0.3 is 0 Å². The first kappa shape index (κ1) is 11.6. The van der Waals surface area contributed by atoms with Crippen molar-refractivity contribution in [2.45, 2.75) is 33.0 Å². The van der Waals surface area contributed by atoms with Crippen LogP contribution >= 0.6 is 0 Å². The smallest absolute Gasteiger partial charge is 0.295 e. The van der Waals surface area contributed by atoms with E-state index in [2.05, 4.69) is 5.32 Å². The van der Waals surface area contributed by atoms with Gasteiger partial charge in [0.2, 0.25) is 5.82 Å². The Morgan fingerprint density at radius 3 is 2.60 bits per heavy atom. The normalized spacial score (nSPS) is 11.7. The van der Waals surface area contributed by atoms with Gasteiger partial charge >= 0.3 is 5.69 Å². The summed E-state index contributed by atoms with van der Waals surface area (Å²) in [5.41, 5.74) is -1.81. The van der Waals surface area contributed by atoms with Crippen LogP contribution in [0.15, 0.2) is 15.8 Å². The molecule has 0 aromatic carbocycles. The molecule has 6 heteroatoms. The second-order valence-corrected chi connectivity index (χ2v) is 4.29. The van der Waals surface area contributed by atoms with E-state index < -0.39 is 17.1 Å². The molecular formula is C9H14FN3O2. The maximum atomic E-state index is 12.8. The highest BCUT2D eigenvalue weighted by Crippen LogP contribution is 1.97. The van der Waals surface area contributed by atoms with Crippen LogP contribution < -0.4 is 16.6 Å². The molecule has 0 unspecified atom stereocenters. The third-order valence-corrected chi connectivity index (χ3v) is 1.75. The van der Waals surface area contributed by atoms with Crippen LogP contribution in [0.4, 0.5) is 4.39 Å². The van der Waals surface area contributed by atoms with Gasteiger partial charge in [0, 0.05) is 5.54 Å². The number of halogens is 1. The van der Waals surface area contributed by atoms with Crippen molar-refractivity contribution in [2.75, 3.05) is 0 Å². The van der Waals surface area contributed by atoms with Gasteiger partial charge in [-0.25, -0.2) is 4.79 Å². The number of nitrogens with one attached hydrogen (secondary N) is 2. The van der Waals surface area contributed by atoms with Crippen LogP contribution in [0.2, 0.25) is 0 Å². The highest BCUT2D eigenvalue weighted by atomic mass is 19.1. The first-order chi connectivity index (χ1) is 6.79. The minimum Gasteiger partial charge on any atom is -0.295 e. The van der Waals surface area contributed by atoms with Crippen molar-refractivity contribution < 1.29 is 4.39 Å². The third kappa shape index (κ3) is 3.32. The summed E-state index contributed by atoms with van der Waals surface area (Å²) >= 11 is 0. The van der Waals surface area contributed by atoms with Crippen molar-refractivity contribution in [3.8, 4) is 0 Å². The number of aromatic nitrogens is 2. The fourth-order valence-electron chi connectivity index (χ4n) is 0.922. The number of nitrogens with zero attached hydrogens (tertiary/aromatic N) is 1. The van der Waals surface area contributed by atoms with Crippen LogP contribution in [0.3, 0.4) is 0 Å². The summed E-state index contributed by atoms with van der Waals surface area (Å²) in [4.78, 5) is 23.8. The molecule has 1 aromatic heterocycles. The molecule has 0 spiro atoms. The maximum Gasteiger partial charge on any atom is 0.329 e. The highest BCUT2D eigenvalue weighted by molar-refractivity contribution is 4.87. The van der Waals surface area contributed by atoms with Gasteiger partial charge in [-0.2, -0.15) is 4.39 Å². The molecule has 0 aliphatic carbocycles. The fourth-order valence-corrected chi connectivity index (χ4v) is 0.922. The molecule has 0 amide bonds. The molecule has 1 heterocycles. The van der Waals surface area contributed by atoms with Crippen molar-refractivity contribution in [3.05, 3.63) is 32.9 Å². The Morgan fingerprint density at radius 2 is 2.07 bits per heavy atom. The molecule has 0 atom stereocenters. The Morgan fingerprint density at radius 1 is 1.47 bits per heavy atom. The van der Waals surface area contributed by atoms with E-state index in [0.717, 1.165) is 10.8 Å². The second kappa shape index (κ2) is 3.98. The fraction of sp³-hybridized carbons (Fsp3) is 0.556. The van der Waals surface area contributed by atoms with E-state index in [-0.39, 0.29) is 12.2 Å². The minimum absolute atomic E-state index is 0.149. The zero-order valence-electron chi connectivity index (χ0n) is 8.93. The van der Waals surface area contributed by atoms with Crippen molar-refractivity contribution >= 4 is 0 Å². The number of hydrogen-bond acceptors (Lipinski definition) is 3. The average Bonchev–Trinajstić information content (AvgIpc) is 2.07. The molecule has 0 bridgehead atoms. The summed E-state index contributed by atoms with van der Waals surface area (Å²) in [6.07, 6.45) is 0.889. The lowest BCUT2D eigenvalue weighted by Gasteiger charge is -2.20. The van der Waals surface area contributed by atoms with E-state index in [4.69, 9.17) is 0 Å². The van der Waals surface area contributed by atoms with Crippen LogP contribution in [0.25, 0.3) is 0 Å². The topological polar surface area (TPSA) is 66.9 Å². The Balaban J connectivity index is 2.92. The monoisotopic (exact) mass is 215 g/mol. The molecule has 5 nitrogen and oxygen atoms in total. The molecule has 15 heavy (non-hydrogen) atoms. The van der Waals surface area contributed by atoms with E-state index in [1.54, 1.807) is 0 Å². The lowest BCUT2D eigenvalue weighted by atomic mass is 10.1. The Labute approximate surface area is 85.9 Å². The molecule has 1 rings (SSSR count). The van der Waals surface area contributed by atoms with Gasteiger partial charge in [-0.15, -0.1) is 0 Å². The zero-order chi connectivity index (χ0) is 11.6.